The third kappa shape index (κ3) is 3.20. The molecule has 1 aromatic carbocycles. The molecule has 0 aliphatic carbocycles. The lowest BCUT2D eigenvalue weighted by Gasteiger charge is -2.21. The molecule has 1 heterocycles. The summed E-state index contributed by atoms with van der Waals surface area (Å²) in [7, 11) is 0. The van der Waals surface area contributed by atoms with Gasteiger partial charge in [0.25, 0.3) is 0 Å². The summed E-state index contributed by atoms with van der Waals surface area (Å²) in [5.74, 6) is 0.104. The molecule has 0 aromatic heterocycles. The maximum absolute atomic E-state index is 12.0. The average Bonchev–Trinajstić information content (AvgIpc) is 2.34. The van der Waals surface area contributed by atoms with Gasteiger partial charge in [-0.15, -0.1) is 0 Å². The van der Waals surface area contributed by atoms with Crippen molar-refractivity contribution in [3.63, 3.8) is 0 Å². The van der Waals surface area contributed by atoms with E-state index in [1.807, 2.05) is 0 Å². The fraction of sp³-hybridized carbons (Fsp3) is 0.417. The van der Waals surface area contributed by atoms with Gasteiger partial charge >= 0.3 is 0 Å². The predicted octanol–water partition coefficient (Wildman–Crippen LogP) is 2.40. The number of nitrogen functional groups attached to an aromatic ring is 1. The summed E-state index contributed by atoms with van der Waals surface area (Å²) in [5.41, 5.74) is 7.07. The van der Waals surface area contributed by atoms with E-state index in [-0.39, 0.29) is 11.8 Å². The van der Waals surface area contributed by atoms with E-state index < -0.39 is 0 Å². The van der Waals surface area contributed by atoms with Gasteiger partial charge in [-0.3, -0.25) is 4.79 Å². The minimum Gasteiger partial charge on any atom is -0.399 e. The van der Waals surface area contributed by atoms with E-state index in [4.69, 9.17) is 10.5 Å². The number of rotatable bonds is 2. The van der Waals surface area contributed by atoms with Crippen LogP contribution in [0.25, 0.3) is 0 Å². The number of ether oxygens (including phenoxy) is 1. The Morgan fingerprint density at radius 2 is 2.12 bits per heavy atom. The monoisotopic (exact) mass is 298 g/mol. The number of carbonyl (C=O) groups excluding carboxylic acids is 1. The SMILES string of the molecule is Nc1ccc(NC(=O)C2CCOCC2)c(Br)c1. The molecular formula is C12H15BrN2O2. The molecule has 0 bridgehead atoms. The van der Waals surface area contributed by atoms with Crippen LogP contribution in [0.15, 0.2) is 22.7 Å². The van der Waals surface area contributed by atoms with Gasteiger partial charge in [0.15, 0.2) is 0 Å². The van der Waals surface area contributed by atoms with Gasteiger partial charge in [-0.1, -0.05) is 0 Å². The number of carbonyl (C=O) groups is 1. The van der Waals surface area contributed by atoms with Crippen LogP contribution in [0.2, 0.25) is 0 Å². The van der Waals surface area contributed by atoms with Crippen LogP contribution in [0.3, 0.4) is 0 Å². The van der Waals surface area contributed by atoms with Gasteiger partial charge in [-0.2, -0.15) is 0 Å². The van der Waals surface area contributed by atoms with Gasteiger partial charge in [-0.25, -0.2) is 0 Å². The van der Waals surface area contributed by atoms with E-state index in [0.717, 1.165) is 23.0 Å². The lowest BCUT2D eigenvalue weighted by molar-refractivity contribution is -0.122. The Morgan fingerprint density at radius 1 is 1.41 bits per heavy atom. The molecule has 1 amide bonds. The molecule has 1 fully saturated rings. The zero-order valence-electron chi connectivity index (χ0n) is 9.41. The first-order chi connectivity index (χ1) is 8.16. The number of amides is 1. The summed E-state index contributed by atoms with van der Waals surface area (Å²) in [6, 6.07) is 5.35. The quantitative estimate of drug-likeness (QED) is 0.824. The van der Waals surface area contributed by atoms with Crippen LogP contribution in [-0.4, -0.2) is 19.1 Å². The predicted molar refractivity (Wildman–Crippen MR) is 70.7 cm³/mol. The maximum atomic E-state index is 12.0. The number of benzene rings is 1. The molecule has 1 aromatic rings. The highest BCUT2D eigenvalue weighted by Crippen LogP contribution is 2.26. The van der Waals surface area contributed by atoms with E-state index in [1.54, 1.807) is 18.2 Å². The van der Waals surface area contributed by atoms with Crippen LogP contribution in [0.1, 0.15) is 12.8 Å². The Bertz CT molecular complexity index is 417. The molecule has 0 unspecified atom stereocenters. The van der Waals surface area contributed by atoms with E-state index in [2.05, 4.69) is 21.2 Å². The van der Waals surface area contributed by atoms with Crippen molar-refractivity contribution in [3.05, 3.63) is 22.7 Å². The Labute approximate surface area is 109 Å². The summed E-state index contributed by atoms with van der Waals surface area (Å²) < 4.78 is 6.04. The smallest absolute Gasteiger partial charge is 0.227 e. The first kappa shape index (κ1) is 12.4. The van der Waals surface area contributed by atoms with E-state index >= 15 is 0 Å². The van der Waals surface area contributed by atoms with Crippen molar-refractivity contribution in [2.75, 3.05) is 24.3 Å². The van der Waals surface area contributed by atoms with Crippen LogP contribution in [0, 0.1) is 5.92 Å². The minimum atomic E-state index is 0.0493. The lowest BCUT2D eigenvalue weighted by Crippen LogP contribution is -2.28. The molecule has 5 heteroatoms. The molecule has 92 valence electrons. The van der Waals surface area contributed by atoms with E-state index in [9.17, 15) is 4.79 Å². The fourth-order valence-electron chi connectivity index (χ4n) is 1.83. The van der Waals surface area contributed by atoms with Crippen LogP contribution in [-0.2, 0) is 9.53 Å². The topological polar surface area (TPSA) is 64.3 Å². The summed E-state index contributed by atoms with van der Waals surface area (Å²) in [5, 5.41) is 2.91. The molecule has 1 aliphatic rings. The molecule has 1 saturated heterocycles. The summed E-state index contributed by atoms with van der Waals surface area (Å²) in [6.45, 7) is 1.34. The number of anilines is 2. The van der Waals surface area contributed by atoms with Crippen molar-refractivity contribution in [1.82, 2.24) is 0 Å². The number of halogens is 1. The number of nitrogens with one attached hydrogen (secondary N) is 1. The van der Waals surface area contributed by atoms with Gasteiger partial charge in [-0.05, 0) is 47.0 Å². The molecule has 4 nitrogen and oxygen atoms in total. The average molecular weight is 299 g/mol. The van der Waals surface area contributed by atoms with Gasteiger partial charge in [0.1, 0.15) is 0 Å². The highest BCUT2D eigenvalue weighted by atomic mass is 79.9. The normalized spacial score (nSPS) is 16.8. The molecule has 0 spiro atoms. The molecule has 17 heavy (non-hydrogen) atoms. The number of hydrogen-bond donors (Lipinski definition) is 2. The molecule has 0 radical (unpaired) electrons. The number of hydrogen-bond acceptors (Lipinski definition) is 3. The summed E-state index contributed by atoms with van der Waals surface area (Å²) >= 11 is 3.38. The molecule has 2 rings (SSSR count). The molecule has 1 aliphatic heterocycles. The Hall–Kier alpha value is -1.07. The summed E-state index contributed by atoms with van der Waals surface area (Å²) in [6.07, 6.45) is 1.58. The molecule has 0 saturated carbocycles. The van der Waals surface area contributed by atoms with Crippen LogP contribution in [0.4, 0.5) is 11.4 Å². The van der Waals surface area contributed by atoms with Gasteiger partial charge < -0.3 is 15.8 Å². The van der Waals surface area contributed by atoms with Gasteiger partial charge in [0.2, 0.25) is 5.91 Å². The van der Waals surface area contributed by atoms with Crippen molar-refractivity contribution < 1.29 is 9.53 Å². The summed E-state index contributed by atoms with van der Waals surface area (Å²) in [4.78, 5) is 12.0. The number of nitrogens with two attached hydrogens (primary N) is 1. The van der Waals surface area contributed by atoms with Crippen LogP contribution < -0.4 is 11.1 Å². The fourth-order valence-corrected chi connectivity index (χ4v) is 2.32. The van der Waals surface area contributed by atoms with E-state index in [1.165, 1.54) is 0 Å². The standard InChI is InChI=1S/C12H15BrN2O2/c13-10-7-9(14)1-2-11(10)15-12(16)8-3-5-17-6-4-8/h1-2,7-8H,3-6,14H2,(H,15,16). The van der Waals surface area contributed by atoms with E-state index in [0.29, 0.717) is 18.9 Å². The zero-order valence-corrected chi connectivity index (χ0v) is 11.0. The third-order valence-electron chi connectivity index (χ3n) is 2.84. The minimum absolute atomic E-state index is 0.0493. The van der Waals surface area contributed by atoms with Gasteiger partial charge in [0.05, 0.1) is 5.69 Å². The van der Waals surface area contributed by atoms with Crippen molar-refractivity contribution in [3.8, 4) is 0 Å². The van der Waals surface area contributed by atoms with Crippen molar-refractivity contribution in [1.29, 1.82) is 0 Å². The second-order valence-corrected chi connectivity index (χ2v) is 4.97. The third-order valence-corrected chi connectivity index (χ3v) is 3.50. The Morgan fingerprint density at radius 3 is 2.76 bits per heavy atom. The van der Waals surface area contributed by atoms with Crippen LogP contribution >= 0.6 is 15.9 Å². The first-order valence-corrected chi connectivity index (χ1v) is 6.40. The molecular weight excluding hydrogens is 284 g/mol. The highest BCUT2D eigenvalue weighted by molar-refractivity contribution is 9.10. The Balaban J connectivity index is 2.02. The highest BCUT2D eigenvalue weighted by Gasteiger charge is 2.21. The molecule has 0 atom stereocenters. The maximum Gasteiger partial charge on any atom is 0.227 e. The van der Waals surface area contributed by atoms with Gasteiger partial charge in [0, 0.05) is 29.3 Å². The lowest BCUT2D eigenvalue weighted by atomic mass is 9.99. The van der Waals surface area contributed by atoms with Crippen LogP contribution in [0.5, 0.6) is 0 Å². The van der Waals surface area contributed by atoms with Crippen molar-refractivity contribution in [2.45, 2.75) is 12.8 Å². The Kier molecular flexibility index (Phi) is 4.02. The zero-order chi connectivity index (χ0) is 12.3. The van der Waals surface area contributed by atoms with Crippen molar-refractivity contribution >= 4 is 33.2 Å². The second-order valence-electron chi connectivity index (χ2n) is 4.12. The molecule has 3 N–H and O–H groups in total. The second kappa shape index (κ2) is 5.51. The van der Waals surface area contributed by atoms with Crippen molar-refractivity contribution in [2.24, 2.45) is 5.92 Å². The largest absolute Gasteiger partial charge is 0.399 e. The first-order valence-electron chi connectivity index (χ1n) is 5.60.